The van der Waals surface area contributed by atoms with E-state index in [0.717, 1.165) is 54.1 Å². The summed E-state index contributed by atoms with van der Waals surface area (Å²) >= 11 is 1.78. The predicted molar refractivity (Wildman–Crippen MR) is 124 cm³/mol. The first-order chi connectivity index (χ1) is 14.7. The highest BCUT2D eigenvalue weighted by Crippen LogP contribution is 2.38. The van der Waals surface area contributed by atoms with E-state index in [2.05, 4.69) is 17.4 Å². The van der Waals surface area contributed by atoms with Crippen LogP contribution in [0.15, 0.2) is 24.3 Å². The normalized spacial score (nSPS) is 22.7. The molecule has 2 aliphatic heterocycles. The maximum Gasteiger partial charge on any atom is 0.324 e. The number of fused-ring (bicyclic) bond motifs is 1. The number of amides is 2. The molecule has 0 spiro atoms. The molecule has 1 unspecified atom stereocenters. The lowest BCUT2D eigenvalue weighted by molar-refractivity contribution is 0.229. The topological polar surface area (TPSA) is 48.5 Å². The van der Waals surface area contributed by atoms with Crippen molar-refractivity contribution in [3.05, 3.63) is 30.0 Å². The smallest absolute Gasteiger partial charge is 0.324 e. The summed E-state index contributed by atoms with van der Waals surface area (Å²) < 4.78 is 0. The summed E-state index contributed by atoms with van der Waals surface area (Å²) in [5, 5.41) is 6.06. The Bertz CT molecular complexity index is 862. The van der Waals surface area contributed by atoms with Gasteiger partial charge in [-0.25, -0.2) is 9.78 Å². The van der Waals surface area contributed by atoms with Crippen LogP contribution in [0.2, 0.25) is 0 Å². The minimum Gasteiger partial charge on any atom is -0.375 e. The summed E-state index contributed by atoms with van der Waals surface area (Å²) in [6, 6.07) is 8.38. The fourth-order valence-corrected chi connectivity index (χ4v) is 6.25. The molecule has 1 N–H and O–H groups in total. The molecule has 2 fully saturated rings. The van der Waals surface area contributed by atoms with Crippen molar-refractivity contribution in [2.45, 2.75) is 51.4 Å². The number of likely N-dealkylation sites (N-methyl/N-ethyl adjacent to an activating group) is 1. The van der Waals surface area contributed by atoms with Crippen LogP contribution < -0.4 is 10.2 Å². The van der Waals surface area contributed by atoms with Crippen molar-refractivity contribution in [2.24, 2.45) is 11.8 Å². The molecule has 0 bridgehead atoms. The third-order valence-electron chi connectivity index (χ3n) is 7.07. The second-order valence-electron chi connectivity index (χ2n) is 9.22. The maximum atomic E-state index is 12.2. The van der Waals surface area contributed by atoms with Crippen LogP contribution in [0.4, 0.5) is 15.5 Å². The molecule has 1 atom stereocenters. The van der Waals surface area contributed by atoms with Crippen molar-refractivity contribution < 1.29 is 4.79 Å². The molecule has 1 aliphatic carbocycles. The number of thiazole rings is 1. The zero-order valence-corrected chi connectivity index (χ0v) is 18.7. The number of benzene rings is 1. The van der Waals surface area contributed by atoms with E-state index < -0.39 is 0 Å². The van der Waals surface area contributed by atoms with Gasteiger partial charge in [0.25, 0.3) is 0 Å². The van der Waals surface area contributed by atoms with E-state index in [0.29, 0.717) is 0 Å². The molecule has 1 aromatic heterocycles. The number of hydrogen-bond donors (Lipinski definition) is 1. The Morgan fingerprint density at radius 2 is 1.87 bits per heavy atom. The Morgan fingerprint density at radius 1 is 1.07 bits per heavy atom. The van der Waals surface area contributed by atoms with Gasteiger partial charge in [0.2, 0.25) is 0 Å². The lowest BCUT2D eigenvalue weighted by Gasteiger charge is -2.25. The van der Waals surface area contributed by atoms with Gasteiger partial charge in [0.15, 0.2) is 0 Å². The number of rotatable bonds is 4. The van der Waals surface area contributed by atoms with E-state index in [-0.39, 0.29) is 6.03 Å². The van der Waals surface area contributed by atoms with E-state index in [9.17, 15) is 4.79 Å². The van der Waals surface area contributed by atoms with E-state index in [1.54, 1.807) is 16.2 Å². The quantitative estimate of drug-likeness (QED) is 0.692. The van der Waals surface area contributed by atoms with E-state index in [4.69, 9.17) is 4.98 Å². The van der Waals surface area contributed by atoms with Crippen LogP contribution in [0, 0.1) is 11.8 Å². The van der Waals surface area contributed by atoms with Crippen LogP contribution in [-0.4, -0.2) is 42.6 Å². The monoisotopic (exact) mass is 424 g/mol. The first-order valence-electron chi connectivity index (χ1n) is 11.5. The van der Waals surface area contributed by atoms with Gasteiger partial charge >= 0.3 is 6.03 Å². The van der Waals surface area contributed by atoms with Gasteiger partial charge in [-0.05, 0) is 55.4 Å². The molecule has 6 heteroatoms. The summed E-state index contributed by atoms with van der Waals surface area (Å²) in [6.07, 6.45) is 10.9. The first-order valence-corrected chi connectivity index (χ1v) is 12.4. The van der Waals surface area contributed by atoms with Crippen molar-refractivity contribution >= 4 is 28.1 Å². The maximum absolute atomic E-state index is 12.2. The Hall–Kier alpha value is -2.08. The molecule has 0 radical (unpaired) electrons. The molecule has 30 heavy (non-hydrogen) atoms. The number of aryl methyl sites for hydroxylation is 1. The second kappa shape index (κ2) is 8.58. The number of anilines is 2. The molecule has 2 aromatic rings. The van der Waals surface area contributed by atoms with Crippen LogP contribution in [0.25, 0.3) is 10.6 Å². The summed E-state index contributed by atoms with van der Waals surface area (Å²) in [5.74, 6) is 1.74. The van der Waals surface area contributed by atoms with Crippen molar-refractivity contribution in [3.8, 4) is 10.6 Å². The van der Waals surface area contributed by atoms with Crippen molar-refractivity contribution in [1.29, 1.82) is 0 Å². The average molecular weight is 425 g/mol. The Kier molecular flexibility index (Phi) is 5.68. The lowest BCUT2D eigenvalue weighted by atomic mass is 9.81. The second-order valence-corrected chi connectivity index (χ2v) is 10.2. The van der Waals surface area contributed by atoms with Crippen LogP contribution in [0.5, 0.6) is 0 Å². The fourth-order valence-electron chi connectivity index (χ4n) is 5.23. The highest BCUT2D eigenvalue weighted by molar-refractivity contribution is 7.19. The van der Waals surface area contributed by atoms with E-state index >= 15 is 0 Å². The minimum atomic E-state index is 0.0793. The van der Waals surface area contributed by atoms with Crippen molar-refractivity contribution in [3.63, 3.8) is 0 Å². The highest BCUT2D eigenvalue weighted by Gasteiger charge is 2.27. The summed E-state index contributed by atoms with van der Waals surface area (Å²) in [6.45, 7) is 2.63. The van der Waals surface area contributed by atoms with Gasteiger partial charge in [-0.15, -0.1) is 0 Å². The zero-order chi connectivity index (χ0) is 20.5. The SMILES string of the molecule is CN1CCN(c2ccc(-c3nc4c(s3)NCC(CC3CCCCC3)CC4)cc2)C1=O. The Balaban J connectivity index is 1.23. The van der Waals surface area contributed by atoms with Crippen molar-refractivity contribution in [1.82, 2.24) is 9.88 Å². The molecule has 1 aromatic carbocycles. The van der Waals surface area contributed by atoms with Crippen LogP contribution in [0.1, 0.15) is 50.6 Å². The van der Waals surface area contributed by atoms with Crippen LogP contribution in [0.3, 0.4) is 0 Å². The summed E-state index contributed by atoms with van der Waals surface area (Å²) in [7, 11) is 1.85. The average Bonchev–Trinajstić information content (AvgIpc) is 3.28. The van der Waals surface area contributed by atoms with Gasteiger partial charge in [0, 0.05) is 37.9 Å². The number of carbonyl (C=O) groups is 1. The number of nitrogens with one attached hydrogen (secondary N) is 1. The molecule has 1 saturated carbocycles. The molecule has 3 aliphatic rings. The third-order valence-corrected chi connectivity index (χ3v) is 8.18. The number of aromatic nitrogens is 1. The number of carbonyl (C=O) groups excluding carboxylic acids is 1. The lowest BCUT2D eigenvalue weighted by Crippen LogP contribution is -2.29. The molecule has 160 valence electrons. The summed E-state index contributed by atoms with van der Waals surface area (Å²) in [4.78, 5) is 20.8. The molecule has 5 rings (SSSR count). The van der Waals surface area contributed by atoms with Gasteiger partial charge in [-0.3, -0.25) is 4.90 Å². The number of urea groups is 1. The Labute approximate surface area is 183 Å². The highest BCUT2D eigenvalue weighted by atomic mass is 32.1. The Morgan fingerprint density at radius 3 is 2.60 bits per heavy atom. The summed E-state index contributed by atoms with van der Waals surface area (Å²) in [5.41, 5.74) is 3.34. The van der Waals surface area contributed by atoms with E-state index in [1.807, 2.05) is 24.1 Å². The van der Waals surface area contributed by atoms with Gasteiger partial charge in [0.05, 0.1) is 5.69 Å². The van der Waals surface area contributed by atoms with Crippen LogP contribution in [-0.2, 0) is 6.42 Å². The van der Waals surface area contributed by atoms with E-state index in [1.165, 1.54) is 55.6 Å². The fraction of sp³-hybridized carbons (Fsp3) is 0.583. The molecule has 5 nitrogen and oxygen atoms in total. The van der Waals surface area contributed by atoms with Crippen molar-refractivity contribution in [2.75, 3.05) is 36.9 Å². The first kappa shape index (κ1) is 19.9. The van der Waals surface area contributed by atoms with Gasteiger partial charge in [0.1, 0.15) is 10.0 Å². The molecular formula is C24H32N4OS. The number of hydrogen-bond acceptors (Lipinski definition) is 4. The zero-order valence-electron chi connectivity index (χ0n) is 17.9. The van der Waals surface area contributed by atoms with Crippen LogP contribution >= 0.6 is 11.3 Å². The molecular weight excluding hydrogens is 392 g/mol. The predicted octanol–water partition coefficient (Wildman–Crippen LogP) is 5.63. The molecule has 2 amide bonds. The molecule has 3 heterocycles. The standard InChI is InChI=1S/C24H32N4OS/c1-27-13-14-28(24(27)29)20-10-8-19(9-11-20)22-26-21-12-7-18(16-25-23(21)30-22)15-17-5-3-2-4-6-17/h8-11,17-18,25H,2-7,12-16H2,1H3. The minimum absolute atomic E-state index is 0.0793. The van der Waals surface area contributed by atoms with Gasteiger partial charge in [-0.2, -0.15) is 0 Å². The number of nitrogens with zero attached hydrogens (tertiary/aromatic N) is 3. The van der Waals surface area contributed by atoms with Gasteiger partial charge < -0.3 is 10.2 Å². The molecule has 1 saturated heterocycles. The van der Waals surface area contributed by atoms with Gasteiger partial charge in [-0.1, -0.05) is 43.4 Å². The largest absolute Gasteiger partial charge is 0.375 e. The third kappa shape index (κ3) is 4.07.